The second kappa shape index (κ2) is 12.8. The van der Waals surface area contributed by atoms with Gasteiger partial charge < -0.3 is 20.1 Å². The van der Waals surface area contributed by atoms with Gasteiger partial charge >= 0.3 is 12.0 Å². The average Bonchev–Trinajstić information content (AvgIpc) is 2.99. The van der Waals surface area contributed by atoms with Gasteiger partial charge in [-0.1, -0.05) is 72.8 Å². The Kier molecular flexibility index (Phi) is 8.78. The second-order valence-electron chi connectivity index (χ2n) is 9.95. The van der Waals surface area contributed by atoms with Crippen molar-refractivity contribution in [3.63, 3.8) is 0 Å². The standard InChI is InChI=1S/C32H36N4O4/c1-3-40-31(37)28-27(33-32(38)34-29(28)23-14-16-26(39-2)17-15-23)22-35-18-20-36(21-19-35)30(24-10-6-4-7-11-24)25-12-8-5-9-13-25/h4-17,29-30H,3,18-22H2,1-2H3,(H2,33,34,38)/t29-/m0/s1. The summed E-state index contributed by atoms with van der Waals surface area (Å²) in [5, 5.41) is 5.82. The van der Waals surface area contributed by atoms with Crippen molar-refractivity contribution in [3.05, 3.63) is 113 Å². The molecule has 0 bridgehead atoms. The van der Waals surface area contributed by atoms with Crippen LogP contribution in [0.2, 0.25) is 0 Å². The van der Waals surface area contributed by atoms with Crippen LogP contribution in [-0.2, 0) is 9.53 Å². The molecular formula is C32H36N4O4. The molecule has 208 valence electrons. The minimum atomic E-state index is -0.615. The third kappa shape index (κ3) is 6.19. The van der Waals surface area contributed by atoms with Crippen LogP contribution < -0.4 is 15.4 Å². The van der Waals surface area contributed by atoms with Gasteiger partial charge in [-0.25, -0.2) is 9.59 Å². The highest BCUT2D eigenvalue weighted by atomic mass is 16.5. The molecular weight excluding hydrogens is 504 g/mol. The van der Waals surface area contributed by atoms with E-state index in [9.17, 15) is 9.59 Å². The predicted molar refractivity (Wildman–Crippen MR) is 154 cm³/mol. The van der Waals surface area contributed by atoms with Crippen molar-refractivity contribution >= 4 is 12.0 Å². The summed E-state index contributed by atoms with van der Waals surface area (Å²) in [6.45, 7) is 5.78. The van der Waals surface area contributed by atoms with Gasteiger partial charge in [0, 0.05) is 38.4 Å². The first-order valence-electron chi connectivity index (χ1n) is 13.7. The number of carbonyl (C=O) groups excluding carboxylic acids is 2. The van der Waals surface area contributed by atoms with E-state index in [1.807, 2.05) is 36.4 Å². The van der Waals surface area contributed by atoms with E-state index in [0.29, 0.717) is 23.6 Å². The molecule has 2 amide bonds. The van der Waals surface area contributed by atoms with E-state index in [1.165, 1.54) is 11.1 Å². The number of urea groups is 1. The van der Waals surface area contributed by atoms with Crippen LogP contribution in [0.5, 0.6) is 5.75 Å². The summed E-state index contributed by atoms with van der Waals surface area (Å²) in [5.41, 5.74) is 4.33. The van der Waals surface area contributed by atoms with Crippen molar-refractivity contribution in [1.82, 2.24) is 20.4 Å². The quantitative estimate of drug-likeness (QED) is 0.395. The molecule has 0 spiro atoms. The third-order valence-electron chi connectivity index (χ3n) is 7.48. The largest absolute Gasteiger partial charge is 0.497 e. The Morgan fingerprint density at radius 2 is 1.50 bits per heavy atom. The van der Waals surface area contributed by atoms with Crippen molar-refractivity contribution in [1.29, 1.82) is 0 Å². The van der Waals surface area contributed by atoms with Crippen LogP contribution in [0.15, 0.2) is 96.2 Å². The summed E-state index contributed by atoms with van der Waals surface area (Å²) in [5.74, 6) is 0.269. The Labute approximate surface area is 235 Å². The molecule has 2 aliphatic heterocycles. The Balaban J connectivity index is 1.36. The van der Waals surface area contributed by atoms with Crippen molar-refractivity contribution in [2.75, 3.05) is 46.4 Å². The van der Waals surface area contributed by atoms with E-state index in [2.05, 4.69) is 69.0 Å². The van der Waals surface area contributed by atoms with E-state index in [0.717, 1.165) is 31.7 Å². The number of carbonyl (C=O) groups is 2. The van der Waals surface area contributed by atoms with Gasteiger partial charge in [0.1, 0.15) is 5.75 Å². The molecule has 0 unspecified atom stereocenters. The number of hydrogen-bond acceptors (Lipinski definition) is 6. The normalized spacial score (nSPS) is 18.3. The molecule has 5 rings (SSSR count). The molecule has 8 heteroatoms. The highest BCUT2D eigenvalue weighted by molar-refractivity contribution is 5.95. The fourth-order valence-corrected chi connectivity index (χ4v) is 5.53. The minimum absolute atomic E-state index is 0.164. The van der Waals surface area contributed by atoms with Crippen LogP contribution in [0.1, 0.15) is 35.7 Å². The van der Waals surface area contributed by atoms with Crippen molar-refractivity contribution in [3.8, 4) is 5.75 Å². The predicted octanol–water partition coefficient (Wildman–Crippen LogP) is 4.27. The maximum atomic E-state index is 13.2. The topological polar surface area (TPSA) is 83.1 Å². The SMILES string of the molecule is CCOC(=O)C1=C(CN2CCN(C(c3ccccc3)c3ccccc3)CC2)NC(=O)N[C@H]1c1ccc(OC)cc1. The van der Waals surface area contributed by atoms with Crippen LogP contribution in [0.3, 0.4) is 0 Å². The minimum Gasteiger partial charge on any atom is -0.497 e. The number of nitrogens with one attached hydrogen (secondary N) is 2. The van der Waals surface area contributed by atoms with Gasteiger partial charge in [0.25, 0.3) is 0 Å². The smallest absolute Gasteiger partial charge is 0.338 e. The lowest BCUT2D eigenvalue weighted by Crippen LogP contribution is -2.52. The van der Waals surface area contributed by atoms with Crippen LogP contribution in [0.4, 0.5) is 4.79 Å². The molecule has 1 atom stereocenters. The summed E-state index contributed by atoms with van der Waals surface area (Å²) in [4.78, 5) is 30.7. The number of benzene rings is 3. The molecule has 1 saturated heterocycles. The number of rotatable bonds is 9. The number of methoxy groups -OCH3 is 1. The second-order valence-corrected chi connectivity index (χ2v) is 9.95. The molecule has 40 heavy (non-hydrogen) atoms. The van der Waals surface area contributed by atoms with E-state index in [-0.39, 0.29) is 18.7 Å². The maximum absolute atomic E-state index is 13.2. The molecule has 0 saturated carbocycles. The van der Waals surface area contributed by atoms with Gasteiger partial charge in [-0.3, -0.25) is 9.80 Å². The molecule has 2 heterocycles. The highest BCUT2D eigenvalue weighted by Gasteiger charge is 2.35. The van der Waals surface area contributed by atoms with Crippen molar-refractivity contribution in [2.24, 2.45) is 0 Å². The lowest BCUT2D eigenvalue weighted by atomic mass is 9.94. The Hall–Kier alpha value is -4.14. The molecule has 1 fully saturated rings. The van der Waals surface area contributed by atoms with Crippen LogP contribution in [-0.4, -0.2) is 68.2 Å². The molecule has 0 radical (unpaired) electrons. The van der Waals surface area contributed by atoms with Gasteiger partial charge in [-0.05, 0) is 35.7 Å². The zero-order valence-electron chi connectivity index (χ0n) is 23.0. The molecule has 2 N–H and O–H groups in total. The molecule has 2 aliphatic rings. The number of ether oxygens (including phenoxy) is 2. The Morgan fingerprint density at radius 1 is 0.900 bits per heavy atom. The summed E-state index contributed by atoms with van der Waals surface area (Å²) >= 11 is 0. The first-order chi connectivity index (χ1) is 19.6. The molecule has 0 aromatic heterocycles. The lowest BCUT2D eigenvalue weighted by Gasteiger charge is -2.40. The van der Waals surface area contributed by atoms with Crippen LogP contribution in [0.25, 0.3) is 0 Å². The first kappa shape index (κ1) is 27.4. The lowest BCUT2D eigenvalue weighted by molar-refractivity contribution is -0.139. The molecule has 3 aromatic rings. The van der Waals surface area contributed by atoms with Crippen molar-refractivity contribution in [2.45, 2.75) is 19.0 Å². The maximum Gasteiger partial charge on any atom is 0.338 e. The Bertz CT molecular complexity index is 1280. The van der Waals surface area contributed by atoms with Gasteiger partial charge in [0.05, 0.1) is 31.4 Å². The molecule has 3 aromatic carbocycles. The fraction of sp³-hybridized carbons (Fsp3) is 0.312. The molecule has 0 aliphatic carbocycles. The van der Waals surface area contributed by atoms with Gasteiger partial charge in [0.2, 0.25) is 0 Å². The number of hydrogen-bond donors (Lipinski definition) is 2. The van der Waals surface area contributed by atoms with Gasteiger partial charge in [-0.2, -0.15) is 0 Å². The fourth-order valence-electron chi connectivity index (χ4n) is 5.53. The Morgan fingerprint density at radius 3 is 2.05 bits per heavy atom. The number of esters is 1. The first-order valence-corrected chi connectivity index (χ1v) is 13.7. The van der Waals surface area contributed by atoms with Crippen LogP contribution in [0, 0.1) is 0 Å². The van der Waals surface area contributed by atoms with Crippen molar-refractivity contribution < 1.29 is 19.1 Å². The number of piperazine rings is 1. The van der Waals surface area contributed by atoms with Gasteiger partial charge in [0.15, 0.2) is 0 Å². The molecule has 8 nitrogen and oxygen atoms in total. The van der Waals surface area contributed by atoms with E-state index in [4.69, 9.17) is 9.47 Å². The summed E-state index contributed by atoms with van der Waals surface area (Å²) in [6, 6.07) is 27.8. The van der Waals surface area contributed by atoms with E-state index >= 15 is 0 Å². The number of nitrogens with zero attached hydrogens (tertiary/aromatic N) is 2. The highest BCUT2D eigenvalue weighted by Crippen LogP contribution is 2.31. The summed E-state index contributed by atoms with van der Waals surface area (Å²) in [7, 11) is 1.60. The van der Waals surface area contributed by atoms with Crippen LogP contribution >= 0.6 is 0 Å². The average molecular weight is 541 g/mol. The zero-order chi connectivity index (χ0) is 27.9. The van der Waals surface area contributed by atoms with E-state index < -0.39 is 12.0 Å². The van der Waals surface area contributed by atoms with Gasteiger partial charge in [-0.15, -0.1) is 0 Å². The monoisotopic (exact) mass is 540 g/mol. The number of amides is 2. The third-order valence-corrected chi connectivity index (χ3v) is 7.48. The van der Waals surface area contributed by atoms with E-state index in [1.54, 1.807) is 14.0 Å². The summed E-state index contributed by atoms with van der Waals surface area (Å²) in [6.07, 6.45) is 0. The zero-order valence-corrected chi connectivity index (χ0v) is 23.0. The summed E-state index contributed by atoms with van der Waals surface area (Å²) < 4.78 is 10.7.